The molecule has 2 amide bonds. The molecule has 5 nitrogen and oxygen atoms in total. The SMILES string of the molecule is CCC(CC)(CNC(=O)N[C@@H](C(=O)O)C(C)C)SC. The van der Waals surface area contributed by atoms with Crippen LogP contribution in [0.2, 0.25) is 0 Å². The highest BCUT2D eigenvalue weighted by Gasteiger charge is 2.27. The molecule has 0 aliphatic rings. The first-order chi connectivity index (χ1) is 8.81. The monoisotopic (exact) mass is 290 g/mol. The summed E-state index contributed by atoms with van der Waals surface area (Å²) in [4.78, 5) is 22.8. The Balaban J connectivity index is 4.42. The molecule has 0 saturated carbocycles. The minimum Gasteiger partial charge on any atom is -0.480 e. The summed E-state index contributed by atoms with van der Waals surface area (Å²) in [6, 6.07) is -1.27. The highest BCUT2D eigenvalue weighted by molar-refractivity contribution is 8.00. The van der Waals surface area contributed by atoms with Crippen LogP contribution >= 0.6 is 11.8 Å². The predicted octanol–water partition coefficient (Wildman–Crippen LogP) is 2.32. The molecule has 0 aromatic heterocycles. The first kappa shape index (κ1) is 18.1. The van der Waals surface area contributed by atoms with Crippen LogP contribution in [0.25, 0.3) is 0 Å². The van der Waals surface area contributed by atoms with Gasteiger partial charge in [-0.3, -0.25) is 0 Å². The maximum Gasteiger partial charge on any atom is 0.326 e. The van der Waals surface area contributed by atoms with E-state index in [0.29, 0.717) is 6.54 Å². The zero-order valence-electron chi connectivity index (χ0n) is 12.4. The molecule has 0 fully saturated rings. The first-order valence-corrected chi connectivity index (χ1v) is 7.86. The second-order valence-electron chi connectivity index (χ2n) is 4.98. The first-order valence-electron chi connectivity index (χ1n) is 6.64. The van der Waals surface area contributed by atoms with E-state index in [1.54, 1.807) is 25.6 Å². The van der Waals surface area contributed by atoms with Gasteiger partial charge in [0.1, 0.15) is 6.04 Å². The number of nitrogens with one attached hydrogen (secondary N) is 2. The van der Waals surface area contributed by atoms with Crippen molar-refractivity contribution in [2.75, 3.05) is 12.8 Å². The molecule has 1 atom stereocenters. The third kappa shape index (κ3) is 5.72. The van der Waals surface area contributed by atoms with Crippen molar-refractivity contribution in [3.63, 3.8) is 0 Å². The highest BCUT2D eigenvalue weighted by Crippen LogP contribution is 2.29. The second-order valence-corrected chi connectivity index (χ2v) is 6.26. The van der Waals surface area contributed by atoms with Crippen LogP contribution in [-0.4, -0.2) is 40.7 Å². The normalized spacial score (nSPS) is 13.2. The molecule has 0 aromatic carbocycles. The number of amides is 2. The Kier molecular flexibility index (Phi) is 7.90. The fraction of sp³-hybridized carbons (Fsp3) is 0.846. The summed E-state index contributed by atoms with van der Waals surface area (Å²) < 4.78 is 0.0217. The maximum absolute atomic E-state index is 11.8. The van der Waals surface area contributed by atoms with E-state index in [2.05, 4.69) is 24.5 Å². The van der Waals surface area contributed by atoms with Gasteiger partial charge >= 0.3 is 12.0 Å². The van der Waals surface area contributed by atoms with Crippen LogP contribution in [0.1, 0.15) is 40.5 Å². The van der Waals surface area contributed by atoms with Crippen LogP contribution in [-0.2, 0) is 4.79 Å². The third-order valence-electron chi connectivity index (χ3n) is 3.51. The molecule has 0 bridgehead atoms. The van der Waals surface area contributed by atoms with Gasteiger partial charge in [-0.1, -0.05) is 27.7 Å². The third-order valence-corrected chi connectivity index (χ3v) is 5.10. The fourth-order valence-electron chi connectivity index (χ4n) is 1.81. The zero-order chi connectivity index (χ0) is 15.1. The number of rotatable bonds is 8. The van der Waals surface area contributed by atoms with Crippen molar-refractivity contribution in [3.8, 4) is 0 Å². The summed E-state index contributed by atoms with van der Waals surface area (Å²) in [6.07, 6.45) is 3.94. The molecule has 0 radical (unpaired) electrons. The van der Waals surface area contributed by atoms with Gasteiger partial charge in [0.05, 0.1) is 0 Å². The van der Waals surface area contributed by atoms with Gasteiger partial charge in [-0.25, -0.2) is 9.59 Å². The lowest BCUT2D eigenvalue weighted by Gasteiger charge is -2.30. The highest BCUT2D eigenvalue weighted by atomic mass is 32.2. The fourth-order valence-corrected chi connectivity index (χ4v) is 2.60. The van der Waals surface area contributed by atoms with E-state index in [4.69, 9.17) is 5.11 Å². The van der Waals surface area contributed by atoms with E-state index in [1.807, 2.05) is 6.26 Å². The molecule has 0 unspecified atom stereocenters. The molecule has 0 saturated heterocycles. The zero-order valence-corrected chi connectivity index (χ0v) is 13.3. The van der Waals surface area contributed by atoms with E-state index in [9.17, 15) is 9.59 Å². The molecule has 0 aliphatic carbocycles. The van der Waals surface area contributed by atoms with Crippen LogP contribution in [0.4, 0.5) is 4.79 Å². The minimum atomic E-state index is -1.01. The van der Waals surface area contributed by atoms with E-state index in [1.165, 1.54) is 0 Å². The number of carbonyl (C=O) groups excluding carboxylic acids is 1. The van der Waals surface area contributed by atoms with Crippen molar-refractivity contribution < 1.29 is 14.7 Å². The van der Waals surface area contributed by atoms with Crippen LogP contribution in [0.3, 0.4) is 0 Å². The van der Waals surface area contributed by atoms with E-state index < -0.39 is 18.0 Å². The lowest BCUT2D eigenvalue weighted by atomic mass is 10.0. The van der Waals surface area contributed by atoms with Gasteiger partial charge in [0.2, 0.25) is 0 Å². The van der Waals surface area contributed by atoms with Crippen LogP contribution in [0.15, 0.2) is 0 Å². The Morgan fingerprint density at radius 3 is 2.11 bits per heavy atom. The van der Waals surface area contributed by atoms with Crippen molar-refractivity contribution >= 4 is 23.8 Å². The molecular formula is C13H26N2O3S. The topological polar surface area (TPSA) is 78.4 Å². The Labute approximate surface area is 119 Å². The van der Waals surface area contributed by atoms with E-state index >= 15 is 0 Å². The summed E-state index contributed by atoms with van der Waals surface area (Å²) in [7, 11) is 0. The lowest BCUT2D eigenvalue weighted by Crippen LogP contribution is -2.51. The van der Waals surface area contributed by atoms with Crippen molar-refractivity contribution in [2.24, 2.45) is 5.92 Å². The average Bonchev–Trinajstić information content (AvgIpc) is 2.37. The average molecular weight is 290 g/mol. The summed E-state index contributed by atoms with van der Waals surface area (Å²) in [5.41, 5.74) is 0. The van der Waals surface area contributed by atoms with Crippen LogP contribution in [0, 0.1) is 5.92 Å². The molecular weight excluding hydrogens is 264 g/mol. The number of aliphatic carboxylic acids is 1. The van der Waals surface area contributed by atoms with Gasteiger partial charge < -0.3 is 15.7 Å². The van der Waals surface area contributed by atoms with Crippen molar-refractivity contribution in [3.05, 3.63) is 0 Å². The van der Waals surface area contributed by atoms with Crippen molar-refractivity contribution in [2.45, 2.75) is 51.3 Å². The Morgan fingerprint density at radius 2 is 1.79 bits per heavy atom. The van der Waals surface area contributed by atoms with Crippen molar-refractivity contribution in [1.82, 2.24) is 10.6 Å². The summed E-state index contributed by atoms with van der Waals surface area (Å²) in [6.45, 7) is 8.26. The summed E-state index contributed by atoms with van der Waals surface area (Å²) in [5.74, 6) is -1.15. The number of hydrogen-bond donors (Lipinski definition) is 3. The smallest absolute Gasteiger partial charge is 0.326 e. The lowest BCUT2D eigenvalue weighted by molar-refractivity contribution is -0.140. The molecule has 3 N–H and O–H groups in total. The maximum atomic E-state index is 11.8. The Morgan fingerprint density at radius 1 is 1.26 bits per heavy atom. The molecule has 0 aliphatic heterocycles. The Bertz CT molecular complexity index is 296. The van der Waals surface area contributed by atoms with Crippen LogP contribution < -0.4 is 10.6 Å². The summed E-state index contributed by atoms with van der Waals surface area (Å²) >= 11 is 1.73. The molecule has 112 valence electrons. The van der Waals surface area contributed by atoms with Gasteiger partial charge in [-0.2, -0.15) is 11.8 Å². The van der Waals surface area contributed by atoms with Gasteiger partial charge in [-0.15, -0.1) is 0 Å². The molecule has 19 heavy (non-hydrogen) atoms. The molecule has 0 spiro atoms. The molecule has 0 heterocycles. The largest absolute Gasteiger partial charge is 0.480 e. The van der Waals surface area contributed by atoms with Gasteiger partial charge in [-0.05, 0) is 25.0 Å². The molecule has 0 rings (SSSR count). The number of carboxylic acid groups (broad SMARTS) is 1. The number of carboxylic acids is 1. The quantitative estimate of drug-likeness (QED) is 0.641. The molecule has 6 heteroatoms. The standard InChI is InChI=1S/C13H26N2O3S/c1-6-13(7-2,19-5)8-14-12(18)15-10(9(3)4)11(16)17/h9-10H,6-8H2,1-5H3,(H,16,17)(H2,14,15,18)/t10-/m1/s1. The van der Waals surface area contributed by atoms with Crippen LogP contribution in [0.5, 0.6) is 0 Å². The molecule has 0 aromatic rings. The number of thioether (sulfide) groups is 1. The van der Waals surface area contributed by atoms with E-state index in [-0.39, 0.29) is 10.7 Å². The van der Waals surface area contributed by atoms with Gasteiger partial charge in [0, 0.05) is 11.3 Å². The predicted molar refractivity (Wildman–Crippen MR) is 79.6 cm³/mol. The second kappa shape index (κ2) is 8.30. The summed E-state index contributed by atoms with van der Waals surface area (Å²) in [5, 5.41) is 14.3. The number of urea groups is 1. The van der Waals surface area contributed by atoms with Gasteiger partial charge in [0.25, 0.3) is 0 Å². The number of carbonyl (C=O) groups is 2. The van der Waals surface area contributed by atoms with Crippen molar-refractivity contribution in [1.29, 1.82) is 0 Å². The minimum absolute atomic E-state index is 0.0217. The Hall–Kier alpha value is -0.910. The van der Waals surface area contributed by atoms with Gasteiger partial charge in [0.15, 0.2) is 0 Å². The van der Waals surface area contributed by atoms with E-state index in [0.717, 1.165) is 12.8 Å². The number of hydrogen-bond acceptors (Lipinski definition) is 3.